The summed E-state index contributed by atoms with van der Waals surface area (Å²) in [4.78, 5) is 5.83. The van der Waals surface area contributed by atoms with Crippen molar-refractivity contribution in [2.24, 2.45) is 5.92 Å². The molecule has 1 aromatic heterocycles. The summed E-state index contributed by atoms with van der Waals surface area (Å²) in [6.45, 7) is 4.32. The van der Waals surface area contributed by atoms with E-state index in [1.54, 1.807) is 11.3 Å². The standard InChI is InChI=1S/C15H23N3S/c1-3-13-10-17-15(19-13)11(2)18-14-8-6-4-5-7-12(14)9-16/h10-12,14,18H,3-8H2,1-2H3. The van der Waals surface area contributed by atoms with Gasteiger partial charge in [-0.15, -0.1) is 11.3 Å². The van der Waals surface area contributed by atoms with Gasteiger partial charge in [-0.25, -0.2) is 4.98 Å². The summed E-state index contributed by atoms with van der Waals surface area (Å²) in [6, 6.07) is 3.07. The predicted molar refractivity (Wildman–Crippen MR) is 79.0 cm³/mol. The van der Waals surface area contributed by atoms with Gasteiger partial charge in [-0.05, 0) is 26.2 Å². The van der Waals surface area contributed by atoms with Gasteiger partial charge >= 0.3 is 0 Å². The van der Waals surface area contributed by atoms with Crippen molar-refractivity contribution in [1.82, 2.24) is 10.3 Å². The highest BCUT2D eigenvalue weighted by Crippen LogP contribution is 2.27. The third kappa shape index (κ3) is 3.77. The predicted octanol–water partition coefficient (Wildman–Crippen LogP) is 3.83. The van der Waals surface area contributed by atoms with Crippen LogP contribution in [-0.4, -0.2) is 11.0 Å². The molecule has 0 aromatic carbocycles. The zero-order chi connectivity index (χ0) is 13.7. The van der Waals surface area contributed by atoms with E-state index in [0.29, 0.717) is 6.04 Å². The summed E-state index contributed by atoms with van der Waals surface area (Å²) in [5.41, 5.74) is 0. The zero-order valence-electron chi connectivity index (χ0n) is 11.9. The second-order valence-electron chi connectivity index (χ2n) is 5.39. The van der Waals surface area contributed by atoms with Gasteiger partial charge < -0.3 is 5.32 Å². The van der Waals surface area contributed by atoms with E-state index >= 15 is 0 Å². The molecule has 3 atom stereocenters. The Hall–Kier alpha value is -0.920. The molecule has 104 valence electrons. The van der Waals surface area contributed by atoms with Crippen LogP contribution in [0.1, 0.15) is 61.9 Å². The van der Waals surface area contributed by atoms with E-state index in [0.717, 1.165) is 24.3 Å². The van der Waals surface area contributed by atoms with Crippen molar-refractivity contribution < 1.29 is 0 Å². The van der Waals surface area contributed by atoms with E-state index < -0.39 is 0 Å². The Labute approximate surface area is 120 Å². The maximum atomic E-state index is 9.31. The first-order valence-electron chi connectivity index (χ1n) is 7.34. The summed E-state index contributed by atoms with van der Waals surface area (Å²) in [6.07, 6.45) is 8.89. The number of hydrogen-bond donors (Lipinski definition) is 1. The van der Waals surface area contributed by atoms with Crippen molar-refractivity contribution in [1.29, 1.82) is 5.26 Å². The summed E-state index contributed by atoms with van der Waals surface area (Å²) < 4.78 is 0. The first kappa shape index (κ1) is 14.5. The molecule has 2 rings (SSSR count). The summed E-state index contributed by atoms with van der Waals surface area (Å²) >= 11 is 1.79. The van der Waals surface area contributed by atoms with E-state index in [4.69, 9.17) is 0 Å². The number of aryl methyl sites for hydroxylation is 1. The second-order valence-corrected chi connectivity index (χ2v) is 6.53. The summed E-state index contributed by atoms with van der Waals surface area (Å²) in [5.74, 6) is 0.163. The fourth-order valence-corrected chi connectivity index (χ4v) is 3.61. The smallest absolute Gasteiger partial charge is 0.109 e. The SMILES string of the molecule is CCc1cnc(C(C)NC2CCCCCC2C#N)s1. The van der Waals surface area contributed by atoms with Gasteiger partial charge in [0, 0.05) is 17.1 Å². The average Bonchev–Trinajstić information content (AvgIpc) is 2.80. The number of aromatic nitrogens is 1. The minimum atomic E-state index is 0.163. The van der Waals surface area contributed by atoms with Crippen LogP contribution in [0.3, 0.4) is 0 Å². The number of thiazole rings is 1. The van der Waals surface area contributed by atoms with Gasteiger partial charge in [-0.1, -0.05) is 26.2 Å². The van der Waals surface area contributed by atoms with Crippen LogP contribution in [0.2, 0.25) is 0 Å². The van der Waals surface area contributed by atoms with Gasteiger partial charge in [0.25, 0.3) is 0 Å². The molecular weight excluding hydrogens is 254 g/mol. The number of hydrogen-bond acceptors (Lipinski definition) is 4. The highest BCUT2D eigenvalue weighted by atomic mass is 32.1. The van der Waals surface area contributed by atoms with Crippen LogP contribution in [0.15, 0.2) is 6.20 Å². The Morgan fingerprint density at radius 1 is 1.47 bits per heavy atom. The molecule has 0 radical (unpaired) electrons. The summed E-state index contributed by atoms with van der Waals surface area (Å²) in [5, 5.41) is 14.1. The van der Waals surface area contributed by atoms with Crippen molar-refractivity contribution in [3.8, 4) is 6.07 Å². The lowest BCUT2D eigenvalue weighted by molar-refractivity contribution is 0.361. The Morgan fingerprint density at radius 2 is 2.26 bits per heavy atom. The number of nitrogens with one attached hydrogen (secondary N) is 1. The molecule has 1 aliphatic rings. The van der Waals surface area contributed by atoms with Crippen LogP contribution in [0.4, 0.5) is 0 Å². The molecule has 1 fully saturated rings. The Morgan fingerprint density at radius 3 is 2.95 bits per heavy atom. The first-order chi connectivity index (χ1) is 9.24. The van der Waals surface area contributed by atoms with Crippen LogP contribution >= 0.6 is 11.3 Å². The lowest BCUT2D eigenvalue weighted by Gasteiger charge is -2.24. The van der Waals surface area contributed by atoms with E-state index in [1.807, 2.05) is 6.20 Å². The molecule has 1 N–H and O–H groups in total. The topological polar surface area (TPSA) is 48.7 Å². The highest BCUT2D eigenvalue weighted by Gasteiger charge is 2.25. The molecule has 1 aromatic rings. The molecule has 3 unspecified atom stereocenters. The van der Waals surface area contributed by atoms with Gasteiger partial charge in [0.2, 0.25) is 0 Å². The first-order valence-corrected chi connectivity index (χ1v) is 8.16. The normalized spacial score (nSPS) is 25.5. The maximum Gasteiger partial charge on any atom is 0.109 e. The van der Waals surface area contributed by atoms with Crippen molar-refractivity contribution in [3.63, 3.8) is 0 Å². The molecule has 1 heterocycles. The molecule has 19 heavy (non-hydrogen) atoms. The molecule has 1 saturated carbocycles. The average molecular weight is 277 g/mol. The Bertz CT molecular complexity index is 435. The van der Waals surface area contributed by atoms with Crippen LogP contribution in [0, 0.1) is 17.2 Å². The molecular formula is C15H23N3S. The number of rotatable bonds is 4. The largest absolute Gasteiger partial charge is 0.304 e. The molecule has 3 nitrogen and oxygen atoms in total. The Balaban J connectivity index is 1.99. The highest BCUT2D eigenvalue weighted by molar-refractivity contribution is 7.11. The van der Waals surface area contributed by atoms with E-state index in [2.05, 4.69) is 30.2 Å². The van der Waals surface area contributed by atoms with Crippen molar-refractivity contribution >= 4 is 11.3 Å². The third-order valence-electron chi connectivity index (χ3n) is 3.94. The van der Waals surface area contributed by atoms with E-state index in [1.165, 1.54) is 24.1 Å². The zero-order valence-corrected chi connectivity index (χ0v) is 12.7. The minimum absolute atomic E-state index is 0.163. The third-order valence-corrected chi connectivity index (χ3v) is 5.26. The Kier molecular flexibility index (Phi) is 5.35. The van der Waals surface area contributed by atoms with Gasteiger partial charge in [0.05, 0.1) is 18.0 Å². The van der Waals surface area contributed by atoms with Crippen LogP contribution < -0.4 is 5.32 Å². The quantitative estimate of drug-likeness (QED) is 0.851. The molecule has 0 aliphatic heterocycles. The fourth-order valence-electron chi connectivity index (χ4n) is 2.74. The van der Waals surface area contributed by atoms with Crippen molar-refractivity contribution in [2.75, 3.05) is 0 Å². The minimum Gasteiger partial charge on any atom is -0.304 e. The fraction of sp³-hybridized carbons (Fsp3) is 0.733. The molecule has 0 amide bonds. The lowest BCUT2D eigenvalue weighted by atomic mass is 9.96. The van der Waals surface area contributed by atoms with Crippen molar-refractivity contribution in [2.45, 2.75) is 64.5 Å². The van der Waals surface area contributed by atoms with Gasteiger partial charge in [0.1, 0.15) is 5.01 Å². The number of nitriles is 1. The maximum absolute atomic E-state index is 9.31. The molecule has 4 heteroatoms. The van der Waals surface area contributed by atoms with E-state index in [9.17, 15) is 5.26 Å². The van der Waals surface area contributed by atoms with E-state index in [-0.39, 0.29) is 12.0 Å². The van der Waals surface area contributed by atoms with Crippen LogP contribution in [0.25, 0.3) is 0 Å². The molecule has 1 aliphatic carbocycles. The molecule has 0 bridgehead atoms. The van der Waals surface area contributed by atoms with Gasteiger partial charge in [0.15, 0.2) is 0 Å². The van der Waals surface area contributed by atoms with Crippen molar-refractivity contribution in [3.05, 3.63) is 16.1 Å². The van der Waals surface area contributed by atoms with Crippen LogP contribution in [-0.2, 0) is 6.42 Å². The monoisotopic (exact) mass is 277 g/mol. The molecule has 0 spiro atoms. The lowest BCUT2D eigenvalue weighted by Crippen LogP contribution is -2.36. The van der Waals surface area contributed by atoms with Gasteiger partial charge in [-0.2, -0.15) is 5.26 Å². The second kappa shape index (κ2) is 7.02. The van der Waals surface area contributed by atoms with Crippen LogP contribution in [0.5, 0.6) is 0 Å². The molecule has 0 saturated heterocycles. The number of nitrogens with zero attached hydrogens (tertiary/aromatic N) is 2. The van der Waals surface area contributed by atoms with Gasteiger partial charge in [-0.3, -0.25) is 0 Å². The summed E-state index contributed by atoms with van der Waals surface area (Å²) in [7, 11) is 0.